The second-order valence-electron chi connectivity index (χ2n) is 37.5. The third-order valence-electron chi connectivity index (χ3n) is 22.5. The van der Waals surface area contributed by atoms with Gasteiger partial charge in [-0.15, -0.1) is 0 Å². The number of carbonyl (C=O) groups is 6. The zero-order chi connectivity index (χ0) is 98.9. The highest BCUT2D eigenvalue weighted by atomic mass is 35.5. The molecule has 0 amide bonds. The molecule has 0 bridgehead atoms. The molecule has 6 heterocycles. The predicted octanol–water partition coefficient (Wildman–Crippen LogP) is 24.7. The minimum atomic E-state index is -1.34. The Hall–Kier alpha value is -12.1. The molecule has 0 atom stereocenters. The van der Waals surface area contributed by atoms with E-state index in [-0.39, 0.29) is 104 Å². The standard InChI is InChI=1S/C38H46Cl2N2O6Si2.C38H48N2O6Si2.C28H22Cl2N2O6/c1-25-27(23-47-37-33(39)19-29(21-43)35(41-37)45-15-17-49(3,4)5)11-9-13-31(25)32-14-10-12-28(26(32)2)24-48-38-34(40)20-30(22-44)36(42-38)46-16-18-50(6,7)8;1-27-31(25-45-35-17-15-29(23-41)37(39-35)43-19-21-47(3,4)5)11-9-13-33(27)34-14-10-12-32(28(34)2)26-46-36-18-16-30(24-42)38(40-36)44-20-22-48(6,7)8;1-15-17(13-37-27-23(29)9-19(11-33)25(35)31-27)5-3-7-21(15)22-8-4-6-18(16(22)2)14-38-28-24(30)10-20(12-34)26(36)32-28/h9-14,19-22H,15-18,23-24H2,1-8H3;9-18,23-24H,19-22,25-26H2,1-8H3;3-12H,13-14H2,1-2H3,(H,31,35)(H,32,36). The molecule has 0 unspecified atom stereocenters. The SMILES string of the molecule is Cc1c(COc2[nH]c(=O)c(C=O)cc2Cl)cccc1-c1cccc(COc2[nH]c(=O)c(C=O)cc2Cl)c1C.Cc1c(COc2ccc(C=O)c(OCC[Si](C)(C)C)n2)cccc1-c1cccc(COc2ccc(C=O)c(OCC[Si](C)(C)C)n2)c1C.Cc1c(COc2nc(OCC[Si](C)(C)C)c(C=O)cc2Cl)cccc1-c1cccc(COc2nc(OCC[Si](C)(C)C)c(C=O)cc2Cl)c1C. The van der Waals surface area contributed by atoms with Crippen LogP contribution in [0.15, 0.2) is 167 Å². The topological polar surface area (TPSA) is 312 Å². The highest BCUT2D eigenvalue weighted by Gasteiger charge is 2.25. The molecule has 12 aromatic rings. The van der Waals surface area contributed by atoms with Gasteiger partial charge < -0.3 is 47.4 Å². The molecule has 32 heteroatoms. The van der Waals surface area contributed by atoms with Gasteiger partial charge in [0.25, 0.3) is 11.1 Å². The van der Waals surface area contributed by atoms with E-state index in [0.717, 1.165) is 137 Å². The molecule has 0 radical (unpaired) electrons. The van der Waals surface area contributed by atoms with E-state index in [1.54, 1.807) is 24.3 Å². The molecule has 136 heavy (non-hydrogen) atoms. The third kappa shape index (κ3) is 29.9. The number of aldehydes is 6. The first-order chi connectivity index (χ1) is 64.6. The van der Waals surface area contributed by atoms with Gasteiger partial charge >= 0.3 is 0 Å². The fourth-order valence-electron chi connectivity index (χ4n) is 13.9. The number of nitrogens with one attached hydrogen (secondary N) is 2. The molecular weight excluding hydrogens is 1880 g/mol. The number of carbonyl (C=O) groups excluding carboxylic acids is 6. The van der Waals surface area contributed by atoms with Crippen molar-refractivity contribution in [3.05, 3.63) is 299 Å². The molecule has 24 nitrogen and oxygen atoms in total. The van der Waals surface area contributed by atoms with E-state index in [2.05, 4.69) is 147 Å². The first kappa shape index (κ1) is 106. The monoisotopic (exact) mass is 1990 g/mol. The maximum atomic E-state index is 11.9. The molecule has 0 saturated heterocycles. The van der Waals surface area contributed by atoms with Crippen molar-refractivity contribution in [3.8, 4) is 92.2 Å². The van der Waals surface area contributed by atoms with Gasteiger partial charge in [-0.1, -0.05) is 234 Å². The molecule has 6 aromatic heterocycles. The van der Waals surface area contributed by atoms with Crippen LogP contribution < -0.4 is 58.5 Å². The van der Waals surface area contributed by atoms with E-state index in [0.29, 0.717) is 99.4 Å². The fourth-order valence-corrected chi connectivity index (χ4v) is 17.6. The lowest BCUT2D eigenvalue weighted by Crippen LogP contribution is -2.22. The van der Waals surface area contributed by atoms with Gasteiger partial charge in [0.15, 0.2) is 37.7 Å². The number of benzene rings is 6. The lowest BCUT2D eigenvalue weighted by molar-refractivity contribution is 0.111. The van der Waals surface area contributed by atoms with Crippen LogP contribution in [0.1, 0.15) is 129 Å². The van der Waals surface area contributed by atoms with Crippen LogP contribution in [0.2, 0.25) is 123 Å². The lowest BCUT2D eigenvalue weighted by atomic mass is 9.92. The zero-order valence-corrected chi connectivity index (χ0v) is 87.0. The van der Waals surface area contributed by atoms with Crippen molar-refractivity contribution >= 4 is 116 Å². The fraction of sp³-hybridized carbons (Fsp3) is 0.308. The molecule has 6 aromatic carbocycles. The predicted molar refractivity (Wildman–Crippen MR) is 548 cm³/mol. The van der Waals surface area contributed by atoms with Crippen molar-refractivity contribution in [2.75, 3.05) is 26.4 Å². The molecule has 0 aliphatic heterocycles. The van der Waals surface area contributed by atoms with Crippen LogP contribution in [0.5, 0.6) is 58.8 Å². The third-order valence-corrected chi connectivity index (χ3v) is 30.4. The molecule has 2 N–H and O–H groups in total. The smallest absolute Gasteiger partial charge is 0.261 e. The maximum Gasteiger partial charge on any atom is 0.261 e. The van der Waals surface area contributed by atoms with Crippen LogP contribution in [0.4, 0.5) is 0 Å². The highest BCUT2D eigenvalue weighted by Crippen LogP contribution is 2.39. The van der Waals surface area contributed by atoms with Crippen LogP contribution in [0.25, 0.3) is 33.4 Å². The Bertz CT molecular complexity index is 6060. The van der Waals surface area contributed by atoms with Gasteiger partial charge in [-0.2, -0.15) is 19.9 Å². The number of H-pyrrole nitrogens is 2. The zero-order valence-electron chi connectivity index (χ0n) is 80.0. The number of nitrogens with zero attached hydrogens (tertiary/aromatic N) is 4. The van der Waals surface area contributed by atoms with Gasteiger partial charge in [-0.05, 0) is 202 Å². The van der Waals surface area contributed by atoms with Crippen LogP contribution in [-0.2, 0) is 39.6 Å². The van der Waals surface area contributed by atoms with Crippen LogP contribution in [0, 0.1) is 41.5 Å². The molecular formula is C104H116Cl4N6O18Si4. The van der Waals surface area contributed by atoms with Crippen molar-refractivity contribution in [2.45, 2.75) is 184 Å². The van der Waals surface area contributed by atoms with Gasteiger partial charge in [0.2, 0.25) is 58.8 Å². The van der Waals surface area contributed by atoms with Gasteiger partial charge in [-0.3, -0.25) is 48.3 Å². The number of pyridine rings is 6. The van der Waals surface area contributed by atoms with Gasteiger partial charge in [0, 0.05) is 44.4 Å². The summed E-state index contributed by atoms with van der Waals surface area (Å²) in [6.07, 6.45) is 3.77. The normalized spacial score (nSPS) is 11.4. The van der Waals surface area contributed by atoms with E-state index >= 15 is 0 Å². The van der Waals surface area contributed by atoms with Crippen LogP contribution >= 0.6 is 46.4 Å². The Kier molecular flexibility index (Phi) is 37.8. The largest absolute Gasteiger partial charge is 0.477 e. The summed E-state index contributed by atoms with van der Waals surface area (Å²) in [5.41, 5.74) is 18.2. The summed E-state index contributed by atoms with van der Waals surface area (Å²) < 4.78 is 59.5. The van der Waals surface area contributed by atoms with Crippen molar-refractivity contribution < 1.29 is 76.1 Å². The lowest BCUT2D eigenvalue weighted by Gasteiger charge is -2.18. The summed E-state index contributed by atoms with van der Waals surface area (Å²) in [6, 6.07) is 52.3. The molecule has 0 spiro atoms. The van der Waals surface area contributed by atoms with Crippen molar-refractivity contribution in [3.63, 3.8) is 0 Å². The number of halogens is 4. The van der Waals surface area contributed by atoms with Gasteiger partial charge in [0.1, 0.15) is 59.7 Å². The summed E-state index contributed by atoms with van der Waals surface area (Å²) in [7, 11) is -5.25. The molecule has 0 aliphatic carbocycles. The van der Waals surface area contributed by atoms with Crippen molar-refractivity contribution in [2.24, 2.45) is 0 Å². The van der Waals surface area contributed by atoms with Crippen molar-refractivity contribution in [1.29, 1.82) is 0 Å². The Morgan fingerprint density at radius 3 is 0.735 bits per heavy atom. The minimum Gasteiger partial charge on any atom is -0.477 e. The molecule has 0 fully saturated rings. The summed E-state index contributed by atoms with van der Waals surface area (Å²) in [5, 5.41) is 0.739. The number of hydrogen-bond acceptors (Lipinski definition) is 22. The Morgan fingerprint density at radius 2 is 0.493 bits per heavy atom. The van der Waals surface area contributed by atoms with Gasteiger partial charge in [0.05, 0.1) is 59.8 Å². The molecule has 0 saturated carbocycles. The summed E-state index contributed by atoms with van der Waals surface area (Å²) in [5.74, 6) is 2.45. The first-order valence-corrected chi connectivity index (χ1v) is 60.7. The van der Waals surface area contributed by atoms with E-state index in [9.17, 15) is 38.4 Å². The Balaban J connectivity index is 0.000000213. The van der Waals surface area contributed by atoms with Crippen LogP contribution in [-0.4, -0.2) is 126 Å². The average molecular weight is 1990 g/mol. The summed E-state index contributed by atoms with van der Waals surface area (Å²) >= 11 is 25.2. The molecule has 714 valence electrons. The number of hydrogen-bond donors (Lipinski definition) is 2. The first-order valence-electron chi connectivity index (χ1n) is 44.4. The molecule has 0 aliphatic rings. The van der Waals surface area contributed by atoms with E-state index in [1.807, 2.05) is 113 Å². The van der Waals surface area contributed by atoms with E-state index in [1.165, 1.54) is 24.3 Å². The quantitative estimate of drug-likeness (QED) is 0.0265. The van der Waals surface area contributed by atoms with Crippen LogP contribution in [0.3, 0.4) is 0 Å². The van der Waals surface area contributed by atoms with Gasteiger partial charge in [-0.25, -0.2) is 0 Å². The second-order valence-corrected chi connectivity index (χ2v) is 61.6. The van der Waals surface area contributed by atoms with E-state index < -0.39 is 43.4 Å². The Morgan fingerprint density at radius 1 is 0.265 bits per heavy atom. The number of rotatable bonds is 43. The van der Waals surface area contributed by atoms with E-state index in [4.69, 9.17) is 93.8 Å². The number of aromatic nitrogens is 6. The number of ether oxygens (including phenoxy) is 10. The molecule has 12 rings (SSSR count). The Labute approximate surface area is 817 Å². The number of aromatic amines is 2. The summed E-state index contributed by atoms with van der Waals surface area (Å²) in [6.45, 7) is 42.8. The van der Waals surface area contributed by atoms with Crippen molar-refractivity contribution in [1.82, 2.24) is 29.9 Å². The maximum absolute atomic E-state index is 11.9. The highest BCUT2D eigenvalue weighted by molar-refractivity contribution is 6.77. The average Bonchev–Trinajstić information content (AvgIpc) is 0.803. The second kappa shape index (κ2) is 48.6. The minimum absolute atomic E-state index is 0.0773. The summed E-state index contributed by atoms with van der Waals surface area (Å²) in [4.78, 5) is 115.